The third-order valence-corrected chi connectivity index (χ3v) is 3.98. The van der Waals surface area contributed by atoms with Crippen LogP contribution in [-0.2, 0) is 0 Å². The van der Waals surface area contributed by atoms with E-state index in [-0.39, 0.29) is 0 Å². The van der Waals surface area contributed by atoms with Crippen LogP contribution < -0.4 is 0 Å². The Morgan fingerprint density at radius 3 is 2.26 bits per heavy atom. The zero-order valence-electron chi connectivity index (χ0n) is 14.6. The molecule has 0 N–H and O–H groups in total. The topological polar surface area (TPSA) is 0 Å². The summed E-state index contributed by atoms with van der Waals surface area (Å²) in [5.74, 6) is 0.478. The highest BCUT2D eigenvalue weighted by atomic mass is 14.2. The van der Waals surface area contributed by atoms with Gasteiger partial charge in [0.15, 0.2) is 0 Å². The maximum atomic E-state index is 4.28. The minimum atomic E-state index is 0.478. The second-order valence-corrected chi connectivity index (χ2v) is 6.24. The number of hydrogen-bond donors (Lipinski definition) is 0. The van der Waals surface area contributed by atoms with E-state index in [2.05, 4.69) is 88.0 Å². The highest BCUT2D eigenvalue weighted by Crippen LogP contribution is 2.32. The van der Waals surface area contributed by atoms with Gasteiger partial charge in [-0.05, 0) is 53.7 Å². The predicted molar refractivity (Wildman–Crippen MR) is 104 cm³/mol. The predicted octanol–water partition coefficient (Wildman–Crippen LogP) is 6.79. The second kappa shape index (κ2) is 7.78. The van der Waals surface area contributed by atoms with E-state index in [0.29, 0.717) is 5.92 Å². The molecule has 0 aliphatic rings. The lowest BCUT2D eigenvalue weighted by atomic mass is 9.88. The number of rotatable bonds is 5. The molecular formula is C23H26. The molecule has 2 rings (SSSR count). The molecular weight excluding hydrogens is 276 g/mol. The second-order valence-electron chi connectivity index (χ2n) is 6.24. The van der Waals surface area contributed by atoms with Gasteiger partial charge in [0.1, 0.15) is 0 Å². The third kappa shape index (κ3) is 4.32. The molecule has 118 valence electrons. The van der Waals surface area contributed by atoms with E-state index in [1.165, 1.54) is 27.8 Å². The van der Waals surface area contributed by atoms with Crippen molar-refractivity contribution in [3.05, 3.63) is 95.1 Å². The van der Waals surface area contributed by atoms with E-state index < -0.39 is 0 Å². The summed E-state index contributed by atoms with van der Waals surface area (Å²) in [6.45, 7) is 12.9. The minimum absolute atomic E-state index is 0.478. The van der Waals surface area contributed by atoms with Crippen molar-refractivity contribution in [2.45, 2.75) is 33.6 Å². The van der Waals surface area contributed by atoms with Crippen LogP contribution in [0, 0.1) is 6.92 Å². The normalized spacial score (nSPS) is 12.1. The molecule has 2 aromatic carbocycles. The molecule has 0 aliphatic heterocycles. The van der Waals surface area contributed by atoms with Crippen molar-refractivity contribution < 1.29 is 0 Å². The summed E-state index contributed by atoms with van der Waals surface area (Å²) in [6, 6.07) is 17.3. The molecule has 0 saturated carbocycles. The van der Waals surface area contributed by atoms with Gasteiger partial charge in [0.25, 0.3) is 0 Å². The standard InChI is InChI=1S/C23H26/c1-6-9-19(5)23(16-20-14-12-18(4)13-15-20)22-11-8-7-10-21(22)17(2)3/h6-17H,5H2,1-4H3/b9-6-,23-16-. The van der Waals surface area contributed by atoms with Crippen LogP contribution in [0.15, 0.2) is 72.8 Å². The van der Waals surface area contributed by atoms with E-state index in [4.69, 9.17) is 0 Å². The molecule has 0 atom stereocenters. The van der Waals surface area contributed by atoms with Gasteiger partial charge in [-0.15, -0.1) is 0 Å². The lowest BCUT2D eigenvalue weighted by Gasteiger charge is -2.16. The number of allylic oxidation sites excluding steroid dienone is 4. The van der Waals surface area contributed by atoms with Gasteiger partial charge in [-0.1, -0.05) is 86.7 Å². The van der Waals surface area contributed by atoms with Crippen LogP contribution in [0.4, 0.5) is 0 Å². The summed E-state index contributed by atoms with van der Waals surface area (Å²) in [7, 11) is 0. The first-order valence-electron chi connectivity index (χ1n) is 8.22. The first-order valence-corrected chi connectivity index (χ1v) is 8.22. The Kier molecular flexibility index (Phi) is 5.76. The fourth-order valence-corrected chi connectivity index (χ4v) is 2.71. The van der Waals surface area contributed by atoms with Crippen molar-refractivity contribution in [3.8, 4) is 0 Å². The fraction of sp³-hybridized carbons (Fsp3) is 0.217. The van der Waals surface area contributed by atoms with Crippen molar-refractivity contribution >= 4 is 11.6 Å². The van der Waals surface area contributed by atoms with Crippen molar-refractivity contribution in [1.82, 2.24) is 0 Å². The molecule has 0 unspecified atom stereocenters. The van der Waals surface area contributed by atoms with Crippen molar-refractivity contribution in [1.29, 1.82) is 0 Å². The van der Waals surface area contributed by atoms with Gasteiger partial charge in [-0.25, -0.2) is 0 Å². The van der Waals surface area contributed by atoms with Gasteiger partial charge >= 0.3 is 0 Å². The highest BCUT2D eigenvalue weighted by molar-refractivity contribution is 5.93. The molecule has 2 aromatic rings. The number of benzene rings is 2. The average molecular weight is 302 g/mol. The van der Waals surface area contributed by atoms with Crippen molar-refractivity contribution in [3.63, 3.8) is 0 Å². The Bertz CT molecular complexity index is 725. The van der Waals surface area contributed by atoms with Crippen LogP contribution in [0.2, 0.25) is 0 Å². The number of aryl methyl sites for hydroxylation is 1. The quantitative estimate of drug-likeness (QED) is 0.421. The van der Waals surface area contributed by atoms with Gasteiger partial charge in [-0.3, -0.25) is 0 Å². The molecule has 0 amide bonds. The molecule has 0 radical (unpaired) electrons. The lowest BCUT2D eigenvalue weighted by Crippen LogP contribution is -1.97. The van der Waals surface area contributed by atoms with Gasteiger partial charge in [0.05, 0.1) is 0 Å². The average Bonchev–Trinajstić information content (AvgIpc) is 2.54. The fourth-order valence-electron chi connectivity index (χ4n) is 2.71. The van der Waals surface area contributed by atoms with E-state index in [1.807, 2.05) is 13.0 Å². The molecule has 0 spiro atoms. The van der Waals surface area contributed by atoms with Gasteiger partial charge in [0.2, 0.25) is 0 Å². The maximum Gasteiger partial charge on any atom is -0.0109 e. The van der Waals surface area contributed by atoms with Crippen molar-refractivity contribution in [2.75, 3.05) is 0 Å². The molecule has 23 heavy (non-hydrogen) atoms. The highest BCUT2D eigenvalue weighted by Gasteiger charge is 2.11. The van der Waals surface area contributed by atoms with Gasteiger partial charge in [0, 0.05) is 0 Å². The Morgan fingerprint density at radius 2 is 1.65 bits per heavy atom. The monoisotopic (exact) mass is 302 g/mol. The SMILES string of the molecule is C=C(/C=C\C)/C(=C/c1ccc(C)cc1)c1ccccc1C(C)C. The first-order chi connectivity index (χ1) is 11.0. The molecule has 0 heterocycles. The Labute approximate surface area is 140 Å². The maximum absolute atomic E-state index is 4.28. The van der Waals surface area contributed by atoms with E-state index in [9.17, 15) is 0 Å². The Balaban J connectivity index is 2.60. The smallest absolute Gasteiger partial charge is 0.0109 e. The lowest BCUT2D eigenvalue weighted by molar-refractivity contribution is 0.863. The molecule has 0 fully saturated rings. The van der Waals surface area contributed by atoms with Gasteiger partial charge in [-0.2, -0.15) is 0 Å². The zero-order chi connectivity index (χ0) is 16.8. The molecule has 0 nitrogen and oxygen atoms in total. The number of hydrogen-bond acceptors (Lipinski definition) is 0. The van der Waals surface area contributed by atoms with E-state index in [0.717, 1.165) is 5.57 Å². The molecule has 0 bridgehead atoms. The largest absolute Gasteiger partial charge is 0.0911 e. The van der Waals surface area contributed by atoms with Crippen LogP contribution in [0.3, 0.4) is 0 Å². The molecule has 0 aliphatic carbocycles. The zero-order valence-corrected chi connectivity index (χ0v) is 14.6. The third-order valence-electron chi connectivity index (χ3n) is 3.98. The summed E-state index contributed by atoms with van der Waals surface area (Å²) in [4.78, 5) is 0. The first kappa shape index (κ1) is 17.0. The van der Waals surface area contributed by atoms with Crippen molar-refractivity contribution in [2.24, 2.45) is 0 Å². The van der Waals surface area contributed by atoms with Crippen LogP contribution >= 0.6 is 0 Å². The van der Waals surface area contributed by atoms with E-state index in [1.54, 1.807) is 0 Å². The van der Waals surface area contributed by atoms with Crippen LogP contribution in [0.1, 0.15) is 48.9 Å². The van der Waals surface area contributed by atoms with Gasteiger partial charge < -0.3 is 0 Å². The Hall–Kier alpha value is -2.34. The summed E-state index contributed by atoms with van der Waals surface area (Å²) < 4.78 is 0. The minimum Gasteiger partial charge on any atom is -0.0911 e. The van der Waals surface area contributed by atoms with E-state index >= 15 is 0 Å². The summed E-state index contributed by atoms with van der Waals surface area (Å²) >= 11 is 0. The molecule has 0 saturated heterocycles. The Morgan fingerprint density at radius 1 is 1.00 bits per heavy atom. The molecule has 0 heteroatoms. The van der Waals surface area contributed by atoms with Crippen LogP contribution in [0.25, 0.3) is 11.6 Å². The summed E-state index contributed by atoms with van der Waals surface area (Å²) in [6.07, 6.45) is 6.36. The summed E-state index contributed by atoms with van der Waals surface area (Å²) in [5.41, 5.74) is 7.34. The molecule has 0 aromatic heterocycles. The van der Waals surface area contributed by atoms with Crippen LogP contribution in [0.5, 0.6) is 0 Å². The summed E-state index contributed by atoms with van der Waals surface area (Å²) in [5, 5.41) is 0. The van der Waals surface area contributed by atoms with Crippen LogP contribution in [-0.4, -0.2) is 0 Å².